The number of nitrogens with zero attached hydrogens (tertiary/aromatic N) is 3. The van der Waals surface area contributed by atoms with E-state index in [9.17, 15) is 10.1 Å². The fourth-order valence-corrected chi connectivity index (χ4v) is 4.04. The Labute approximate surface area is 171 Å². The highest BCUT2D eigenvalue weighted by Crippen LogP contribution is 2.39. The lowest BCUT2D eigenvalue weighted by molar-refractivity contribution is -0.384. The molecule has 1 N–H and O–H groups in total. The molecule has 8 heteroatoms. The van der Waals surface area contributed by atoms with Gasteiger partial charge in [0.25, 0.3) is 5.69 Å². The van der Waals surface area contributed by atoms with E-state index in [0.29, 0.717) is 17.3 Å². The van der Waals surface area contributed by atoms with Gasteiger partial charge in [0, 0.05) is 23.1 Å². The number of rotatable bonds is 5. The molecule has 2 aromatic heterocycles. The molecule has 0 aliphatic heterocycles. The minimum absolute atomic E-state index is 0.0294. The normalized spacial score (nSPS) is 10.9. The number of thiophene rings is 1. The summed E-state index contributed by atoms with van der Waals surface area (Å²) in [6.07, 6.45) is 1.48. The maximum atomic E-state index is 11.2. The zero-order valence-electron chi connectivity index (χ0n) is 16.1. The van der Waals surface area contributed by atoms with Gasteiger partial charge < -0.3 is 10.1 Å². The third kappa shape index (κ3) is 3.50. The molecule has 0 aliphatic carbocycles. The number of aryl methyl sites for hydroxylation is 2. The van der Waals surface area contributed by atoms with E-state index in [-0.39, 0.29) is 5.69 Å². The minimum Gasteiger partial charge on any atom is -0.495 e. The number of non-ortho nitro benzene ring substituents is 1. The monoisotopic (exact) mass is 406 g/mol. The van der Waals surface area contributed by atoms with Crippen molar-refractivity contribution in [2.75, 3.05) is 12.4 Å². The van der Waals surface area contributed by atoms with Crippen molar-refractivity contribution in [3.63, 3.8) is 0 Å². The Morgan fingerprint density at radius 2 is 1.93 bits per heavy atom. The van der Waals surface area contributed by atoms with E-state index in [0.717, 1.165) is 21.3 Å². The third-order valence-corrected chi connectivity index (χ3v) is 5.72. The van der Waals surface area contributed by atoms with Gasteiger partial charge in [-0.2, -0.15) is 0 Å². The van der Waals surface area contributed by atoms with Crippen LogP contribution in [0.2, 0.25) is 0 Å². The summed E-state index contributed by atoms with van der Waals surface area (Å²) >= 11 is 1.53. The predicted molar refractivity (Wildman–Crippen MR) is 115 cm³/mol. The van der Waals surface area contributed by atoms with Crippen LogP contribution in [0.4, 0.5) is 17.2 Å². The number of hydrogen-bond acceptors (Lipinski definition) is 7. The predicted octanol–water partition coefficient (Wildman–Crippen LogP) is 5.64. The fraction of sp³-hybridized carbons (Fsp3) is 0.143. The van der Waals surface area contributed by atoms with Crippen molar-refractivity contribution in [2.24, 2.45) is 0 Å². The Hall–Kier alpha value is -3.52. The molecule has 7 nitrogen and oxygen atoms in total. The molecule has 4 aromatic rings. The van der Waals surface area contributed by atoms with Crippen molar-refractivity contribution in [3.05, 3.63) is 69.3 Å². The molecule has 0 aliphatic rings. The van der Waals surface area contributed by atoms with Crippen LogP contribution < -0.4 is 10.1 Å². The number of anilines is 2. The number of methoxy groups -OCH3 is 1. The summed E-state index contributed by atoms with van der Waals surface area (Å²) in [5.41, 5.74) is 4.96. The molecule has 0 radical (unpaired) electrons. The molecule has 4 rings (SSSR count). The van der Waals surface area contributed by atoms with Crippen molar-refractivity contribution in [3.8, 4) is 16.9 Å². The highest BCUT2D eigenvalue weighted by atomic mass is 32.1. The number of aromatic nitrogens is 2. The summed E-state index contributed by atoms with van der Waals surface area (Å²) < 4.78 is 5.36. The number of nitro benzene ring substituents is 1. The lowest BCUT2D eigenvalue weighted by Crippen LogP contribution is -1.99. The van der Waals surface area contributed by atoms with E-state index in [1.807, 2.05) is 0 Å². The molecule has 0 amide bonds. The second kappa shape index (κ2) is 7.48. The smallest absolute Gasteiger partial charge is 0.271 e. The van der Waals surface area contributed by atoms with Crippen molar-refractivity contribution in [1.82, 2.24) is 9.97 Å². The largest absolute Gasteiger partial charge is 0.495 e. The first-order valence-corrected chi connectivity index (χ1v) is 9.75. The quantitative estimate of drug-likeness (QED) is 0.341. The highest BCUT2D eigenvalue weighted by molar-refractivity contribution is 7.17. The molecule has 0 fully saturated rings. The van der Waals surface area contributed by atoms with Crippen LogP contribution in [-0.2, 0) is 0 Å². The number of hydrogen-bond donors (Lipinski definition) is 1. The van der Waals surface area contributed by atoms with E-state index in [1.54, 1.807) is 6.07 Å². The van der Waals surface area contributed by atoms with Crippen molar-refractivity contribution in [2.45, 2.75) is 13.8 Å². The van der Waals surface area contributed by atoms with Gasteiger partial charge in [0.05, 0.1) is 23.1 Å². The van der Waals surface area contributed by atoms with Gasteiger partial charge in [-0.3, -0.25) is 10.1 Å². The molecule has 0 unspecified atom stereocenters. The van der Waals surface area contributed by atoms with Gasteiger partial charge in [-0.15, -0.1) is 11.3 Å². The molecule has 146 valence electrons. The van der Waals surface area contributed by atoms with E-state index < -0.39 is 4.92 Å². The first-order valence-electron chi connectivity index (χ1n) is 8.87. The number of benzene rings is 2. The van der Waals surface area contributed by atoms with Crippen LogP contribution in [0.3, 0.4) is 0 Å². The van der Waals surface area contributed by atoms with Gasteiger partial charge in [0.15, 0.2) is 0 Å². The maximum Gasteiger partial charge on any atom is 0.271 e. The fourth-order valence-electron chi connectivity index (χ4n) is 3.13. The standard InChI is InChI=1S/C21H18N4O3S/c1-12-4-5-14(8-13(12)2)16-10-29-21-19(16)20(22-11-23-21)24-17-9-15(25(26)27)6-7-18(17)28-3/h4-11H,1-3H3,(H,22,23,24). The minimum atomic E-state index is -0.439. The van der Waals surface area contributed by atoms with Crippen LogP contribution >= 0.6 is 11.3 Å². The second-order valence-corrected chi connectivity index (χ2v) is 7.48. The van der Waals surface area contributed by atoms with Crippen LogP contribution in [0.25, 0.3) is 21.3 Å². The van der Waals surface area contributed by atoms with E-state index >= 15 is 0 Å². The number of ether oxygens (including phenoxy) is 1. The van der Waals surface area contributed by atoms with Crippen molar-refractivity contribution in [1.29, 1.82) is 0 Å². The first-order chi connectivity index (χ1) is 14.0. The zero-order chi connectivity index (χ0) is 20.5. The molecule has 2 heterocycles. The van der Waals surface area contributed by atoms with Gasteiger partial charge in [-0.05, 0) is 36.6 Å². The summed E-state index contributed by atoms with van der Waals surface area (Å²) in [5, 5.41) is 17.3. The number of nitrogens with one attached hydrogen (secondary N) is 1. The van der Waals surface area contributed by atoms with Gasteiger partial charge in [0.2, 0.25) is 0 Å². The lowest BCUT2D eigenvalue weighted by Gasteiger charge is -2.12. The zero-order valence-corrected chi connectivity index (χ0v) is 16.9. The summed E-state index contributed by atoms with van der Waals surface area (Å²) in [4.78, 5) is 20.4. The molecule has 0 spiro atoms. The van der Waals surface area contributed by atoms with Crippen LogP contribution in [-0.4, -0.2) is 22.0 Å². The lowest BCUT2D eigenvalue weighted by atomic mass is 10.0. The Morgan fingerprint density at radius 1 is 1.10 bits per heavy atom. The van der Waals surface area contributed by atoms with E-state index in [4.69, 9.17) is 4.74 Å². The summed E-state index contributed by atoms with van der Waals surface area (Å²) in [6.45, 7) is 4.16. The van der Waals surface area contributed by atoms with Gasteiger partial charge in [-0.1, -0.05) is 18.2 Å². The van der Waals surface area contributed by atoms with E-state index in [2.05, 4.69) is 52.7 Å². The second-order valence-electron chi connectivity index (χ2n) is 6.62. The van der Waals surface area contributed by atoms with Crippen molar-refractivity contribution >= 4 is 38.7 Å². The first kappa shape index (κ1) is 18.8. The van der Waals surface area contributed by atoms with Gasteiger partial charge in [0.1, 0.15) is 22.7 Å². The Balaban J connectivity index is 1.85. The third-order valence-electron chi connectivity index (χ3n) is 4.84. The van der Waals surface area contributed by atoms with Gasteiger partial charge >= 0.3 is 0 Å². The molecule has 29 heavy (non-hydrogen) atoms. The number of fused-ring (bicyclic) bond motifs is 1. The Morgan fingerprint density at radius 3 is 2.66 bits per heavy atom. The molecule has 0 saturated heterocycles. The average molecular weight is 406 g/mol. The Kier molecular flexibility index (Phi) is 4.85. The van der Waals surface area contributed by atoms with Crippen molar-refractivity contribution < 1.29 is 9.66 Å². The summed E-state index contributed by atoms with van der Waals surface area (Å²) in [7, 11) is 1.52. The molecule has 0 bridgehead atoms. The molecular formula is C21H18N4O3S. The molecular weight excluding hydrogens is 388 g/mol. The van der Waals surface area contributed by atoms with Crippen LogP contribution in [0.15, 0.2) is 48.1 Å². The summed E-state index contributed by atoms with van der Waals surface area (Å²) in [5.74, 6) is 1.06. The van der Waals surface area contributed by atoms with Crippen LogP contribution in [0, 0.1) is 24.0 Å². The van der Waals surface area contributed by atoms with Crippen LogP contribution in [0.1, 0.15) is 11.1 Å². The number of nitro groups is 1. The highest BCUT2D eigenvalue weighted by Gasteiger charge is 2.17. The molecule has 0 saturated carbocycles. The van der Waals surface area contributed by atoms with Gasteiger partial charge in [-0.25, -0.2) is 9.97 Å². The van der Waals surface area contributed by atoms with Crippen LogP contribution in [0.5, 0.6) is 5.75 Å². The average Bonchev–Trinajstić information content (AvgIpc) is 3.15. The summed E-state index contributed by atoms with van der Waals surface area (Å²) in [6, 6.07) is 10.7. The molecule has 0 atom stereocenters. The maximum absolute atomic E-state index is 11.2. The topological polar surface area (TPSA) is 90.2 Å². The molecule has 2 aromatic carbocycles. The van der Waals surface area contributed by atoms with E-state index in [1.165, 1.54) is 48.0 Å². The Bertz CT molecular complexity index is 1240. The SMILES string of the molecule is COc1ccc([N+](=O)[O-])cc1Nc1ncnc2scc(-c3ccc(C)c(C)c3)c12.